The van der Waals surface area contributed by atoms with E-state index in [2.05, 4.69) is 10.0 Å². The maximum Gasteiger partial charge on any atom is 0.243 e. The Morgan fingerprint density at radius 3 is 2.41 bits per heavy atom. The minimum absolute atomic E-state index is 0.0680. The molecule has 9 heteroatoms. The van der Waals surface area contributed by atoms with Crippen LogP contribution >= 0.6 is 0 Å². The van der Waals surface area contributed by atoms with Gasteiger partial charge >= 0.3 is 0 Å². The summed E-state index contributed by atoms with van der Waals surface area (Å²) in [6.07, 6.45) is 0. The lowest BCUT2D eigenvalue weighted by atomic mass is 10.2. The molecule has 2 aromatic rings. The largest absolute Gasteiger partial charge is 0.497 e. The molecular formula is C20H25N3O5S. The SMILES string of the molecule is CCN(CC(=O)Nc1cccc(OC)c1)C(=O)[C@H](C)NS(=O)(=O)c1ccccc1. The van der Waals surface area contributed by atoms with Crippen molar-refractivity contribution in [1.82, 2.24) is 9.62 Å². The number of methoxy groups -OCH3 is 1. The summed E-state index contributed by atoms with van der Waals surface area (Å²) in [4.78, 5) is 26.4. The first-order valence-corrected chi connectivity index (χ1v) is 10.5. The van der Waals surface area contributed by atoms with Crippen molar-refractivity contribution in [3.63, 3.8) is 0 Å². The second-order valence-electron chi connectivity index (χ2n) is 6.29. The van der Waals surface area contributed by atoms with Gasteiger partial charge in [0.25, 0.3) is 0 Å². The first-order valence-electron chi connectivity index (χ1n) is 9.07. The van der Waals surface area contributed by atoms with E-state index in [0.29, 0.717) is 11.4 Å². The third-order valence-electron chi connectivity index (χ3n) is 4.14. The van der Waals surface area contributed by atoms with Gasteiger partial charge in [0.1, 0.15) is 5.75 Å². The molecule has 2 N–H and O–H groups in total. The summed E-state index contributed by atoms with van der Waals surface area (Å²) < 4.78 is 32.3. The van der Waals surface area contributed by atoms with Crippen molar-refractivity contribution < 1.29 is 22.7 Å². The number of carbonyl (C=O) groups excluding carboxylic acids is 2. The molecule has 0 aliphatic heterocycles. The number of benzene rings is 2. The highest BCUT2D eigenvalue weighted by Gasteiger charge is 2.26. The van der Waals surface area contributed by atoms with Crippen LogP contribution in [-0.2, 0) is 19.6 Å². The summed E-state index contributed by atoms with van der Waals surface area (Å²) in [6, 6.07) is 13.6. The van der Waals surface area contributed by atoms with Crippen LogP contribution in [0.2, 0.25) is 0 Å². The molecule has 0 heterocycles. The van der Waals surface area contributed by atoms with Crippen molar-refractivity contribution in [2.75, 3.05) is 25.5 Å². The number of likely N-dealkylation sites (N-methyl/N-ethyl adjacent to an activating group) is 1. The third kappa shape index (κ3) is 6.30. The van der Waals surface area contributed by atoms with Crippen molar-refractivity contribution in [3.8, 4) is 5.75 Å². The quantitative estimate of drug-likeness (QED) is 0.645. The second-order valence-corrected chi connectivity index (χ2v) is 8.00. The van der Waals surface area contributed by atoms with E-state index in [-0.39, 0.29) is 18.0 Å². The lowest BCUT2D eigenvalue weighted by molar-refractivity contribution is -0.135. The Morgan fingerprint density at radius 1 is 1.10 bits per heavy atom. The third-order valence-corrected chi connectivity index (χ3v) is 5.69. The summed E-state index contributed by atoms with van der Waals surface area (Å²) in [5.74, 6) is -0.297. The van der Waals surface area contributed by atoms with Gasteiger partial charge in [-0.05, 0) is 38.1 Å². The Morgan fingerprint density at radius 2 is 1.79 bits per heavy atom. The molecule has 0 aromatic heterocycles. The molecule has 0 aliphatic carbocycles. The topological polar surface area (TPSA) is 105 Å². The van der Waals surface area contributed by atoms with Crippen LogP contribution in [0.25, 0.3) is 0 Å². The van der Waals surface area contributed by atoms with Gasteiger partial charge in [0, 0.05) is 18.3 Å². The number of hydrogen-bond acceptors (Lipinski definition) is 5. The van der Waals surface area contributed by atoms with E-state index in [1.807, 2.05) is 0 Å². The molecule has 8 nitrogen and oxygen atoms in total. The van der Waals surface area contributed by atoms with Crippen LogP contribution in [-0.4, -0.2) is 51.4 Å². The van der Waals surface area contributed by atoms with Crippen molar-refractivity contribution >= 4 is 27.5 Å². The highest BCUT2D eigenvalue weighted by molar-refractivity contribution is 7.89. The van der Waals surface area contributed by atoms with Gasteiger partial charge in [-0.25, -0.2) is 8.42 Å². The van der Waals surface area contributed by atoms with E-state index in [0.717, 1.165) is 0 Å². The van der Waals surface area contributed by atoms with Crippen LogP contribution in [0.15, 0.2) is 59.5 Å². The standard InChI is InChI=1S/C20H25N3O5S/c1-4-23(14-19(24)21-16-9-8-10-17(13-16)28-3)20(25)15(2)22-29(26,27)18-11-6-5-7-12-18/h5-13,15,22H,4,14H2,1-3H3,(H,21,24)/t15-/m0/s1. The predicted molar refractivity (Wildman–Crippen MR) is 110 cm³/mol. The molecule has 0 spiro atoms. The fourth-order valence-electron chi connectivity index (χ4n) is 2.64. The van der Waals surface area contributed by atoms with Gasteiger partial charge in [-0.2, -0.15) is 4.72 Å². The molecule has 29 heavy (non-hydrogen) atoms. The average molecular weight is 420 g/mol. The van der Waals surface area contributed by atoms with Gasteiger partial charge in [-0.15, -0.1) is 0 Å². The first-order chi connectivity index (χ1) is 13.8. The van der Waals surface area contributed by atoms with Crippen LogP contribution in [0.1, 0.15) is 13.8 Å². The van der Waals surface area contributed by atoms with Gasteiger partial charge in [0.2, 0.25) is 21.8 Å². The number of carbonyl (C=O) groups is 2. The fraction of sp³-hybridized carbons (Fsp3) is 0.300. The zero-order valence-corrected chi connectivity index (χ0v) is 17.4. The lowest BCUT2D eigenvalue weighted by Gasteiger charge is -2.24. The van der Waals surface area contributed by atoms with Crippen LogP contribution in [0.4, 0.5) is 5.69 Å². The summed E-state index contributed by atoms with van der Waals surface area (Å²) in [5.41, 5.74) is 0.538. The molecule has 1 atom stereocenters. The number of nitrogens with one attached hydrogen (secondary N) is 2. The molecule has 0 fully saturated rings. The second kappa shape index (κ2) is 10.0. The minimum atomic E-state index is -3.84. The summed E-state index contributed by atoms with van der Waals surface area (Å²) in [7, 11) is -2.32. The molecule has 0 aliphatic rings. The molecule has 2 rings (SSSR count). The van der Waals surface area contributed by atoms with Gasteiger partial charge in [-0.3, -0.25) is 9.59 Å². The molecule has 0 saturated carbocycles. The van der Waals surface area contributed by atoms with Gasteiger partial charge < -0.3 is 15.0 Å². The van der Waals surface area contributed by atoms with E-state index in [4.69, 9.17) is 4.74 Å². The van der Waals surface area contributed by atoms with Gasteiger partial charge in [-0.1, -0.05) is 24.3 Å². The summed E-state index contributed by atoms with van der Waals surface area (Å²) in [5, 5.41) is 2.70. The normalized spacial score (nSPS) is 12.1. The van der Waals surface area contributed by atoms with Gasteiger partial charge in [0.05, 0.1) is 24.6 Å². The van der Waals surface area contributed by atoms with Gasteiger partial charge in [0.15, 0.2) is 0 Å². The summed E-state index contributed by atoms with van der Waals surface area (Å²) >= 11 is 0. The predicted octanol–water partition coefficient (Wildman–Crippen LogP) is 1.85. The Hall–Kier alpha value is -2.91. The van der Waals surface area contributed by atoms with E-state index in [9.17, 15) is 18.0 Å². The maximum atomic E-state index is 12.7. The fourth-order valence-corrected chi connectivity index (χ4v) is 3.86. The van der Waals surface area contributed by atoms with Crippen molar-refractivity contribution in [2.45, 2.75) is 24.8 Å². The number of nitrogens with zero attached hydrogens (tertiary/aromatic N) is 1. The van der Waals surface area contributed by atoms with E-state index < -0.39 is 27.9 Å². The van der Waals surface area contributed by atoms with Crippen molar-refractivity contribution in [2.24, 2.45) is 0 Å². The lowest BCUT2D eigenvalue weighted by Crippen LogP contribution is -2.48. The highest BCUT2D eigenvalue weighted by atomic mass is 32.2. The Kier molecular flexibility index (Phi) is 7.74. The highest BCUT2D eigenvalue weighted by Crippen LogP contribution is 2.16. The first kappa shape index (κ1) is 22.4. The average Bonchev–Trinajstić information content (AvgIpc) is 2.72. The zero-order valence-electron chi connectivity index (χ0n) is 16.6. The Bertz CT molecular complexity index is 948. The van der Waals surface area contributed by atoms with Crippen LogP contribution in [0, 0.1) is 0 Å². The Balaban J connectivity index is 2.00. The molecule has 0 unspecified atom stereocenters. The molecule has 156 valence electrons. The molecule has 0 radical (unpaired) electrons. The van der Waals surface area contributed by atoms with Crippen LogP contribution in [0.5, 0.6) is 5.75 Å². The number of sulfonamides is 1. The number of anilines is 1. The van der Waals surface area contributed by atoms with Crippen molar-refractivity contribution in [1.29, 1.82) is 0 Å². The van der Waals surface area contributed by atoms with Crippen molar-refractivity contribution in [3.05, 3.63) is 54.6 Å². The maximum absolute atomic E-state index is 12.7. The van der Waals surface area contributed by atoms with E-state index >= 15 is 0 Å². The monoisotopic (exact) mass is 419 g/mol. The number of rotatable bonds is 9. The minimum Gasteiger partial charge on any atom is -0.497 e. The van der Waals surface area contributed by atoms with E-state index in [1.54, 1.807) is 49.4 Å². The zero-order chi connectivity index (χ0) is 21.4. The summed E-state index contributed by atoms with van der Waals surface area (Å²) in [6.45, 7) is 3.21. The van der Waals surface area contributed by atoms with E-state index in [1.165, 1.54) is 31.1 Å². The molecule has 0 bridgehead atoms. The molecule has 0 saturated heterocycles. The smallest absolute Gasteiger partial charge is 0.243 e. The van der Waals surface area contributed by atoms with Crippen LogP contribution < -0.4 is 14.8 Å². The number of amides is 2. The van der Waals surface area contributed by atoms with Crippen LogP contribution in [0.3, 0.4) is 0 Å². The molecule has 2 amide bonds. The molecular weight excluding hydrogens is 394 g/mol. The Labute approximate surface area is 170 Å². The number of hydrogen-bond donors (Lipinski definition) is 2. The number of ether oxygens (including phenoxy) is 1. The molecule has 2 aromatic carbocycles.